The van der Waals surface area contributed by atoms with Crippen LogP contribution in [-0.4, -0.2) is 61.2 Å². The zero-order valence-corrected chi connectivity index (χ0v) is 13.0. The normalized spacial score (nSPS) is 16.5. The van der Waals surface area contributed by atoms with E-state index < -0.39 is 27.4 Å². The quantitative estimate of drug-likeness (QED) is 0.577. The molecule has 1 aromatic carbocycles. The Hall–Kier alpha value is -2.00. The molecule has 1 fully saturated rings. The fourth-order valence-corrected chi connectivity index (χ4v) is 3.67. The highest BCUT2D eigenvalue weighted by atomic mass is 32.2. The number of hydrogen-bond donors (Lipinski definition) is 0. The van der Waals surface area contributed by atoms with Crippen LogP contribution in [0.25, 0.3) is 0 Å². The topological polar surface area (TPSA) is 101 Å². The Bertz CT molecular complexity index is 663. The Morgan fingerprint density at radius 3 is 2.23 bits per heavy atom. The Labute approximate surface area is 128 Å². The maximum absolute atomic E-state index is 12.5. The summed E-state index contributed by atoms with van der Waals surface area (Å²) in [6, 6.07) is 6.55. The molecule has 0 unspecified atom stereocenters. The monoisotopic (exact) mass is 327 g/mol. The van der Waals surface area contributed by atoms with Gasteiger partial charge in [0.05, 0.1) is 4.90 Å². The molecule has 1 aliphatic heterocycles. The predicted molar refractivity (Wildman–Crippen MR) is 78.4 cm³/mol. The standard InChI is InChI=1S/C13H17N3O5S/c1-11-2-4-12(5-3-11)22(20,21)15-8-6-14(7-9-15)13(17)10-16(18)19/h2-5H,6-10H2,1H3. The Morgan fingerprint density at radius 1 is 1.18 bits per heavy atom. The summed E-state index contributed by atoms with van der Waals surface area (Å²) in [7, 11) is -3.59. The maximum Gasteiger partial charge on any atom is 0.294 e. The Balaban J connectivity index is 2.03. The number of carbonyl (C=O) groups excluding carboxylic acids is 1. The first-order valence-electron chi connectivity index (χ1n) is 6.77. The SMILES string of the molecule is Cc1ccc(S(=O)(=O)N2CCN(C(=O)C[N+](=O)[O-])CC2)cc1. The van der Waals surface area contributed by atoms with Gasteiger partial charge in [0.2, 0.25) is 10.0 Å². The summed E-state index contributed by atoms with van der Waals surface area (Å²) in [5.74, 6) is -0.586. The lowest BCUT2D eigenvalue weighted by Gasteiger charge is -2.33. The van der Waals surface area contributed by atoms with E-state index in [9.17, 15) is 23.3 Å². The van der Waals surface area contributed by atoms with Crippen LogP contribution in [0.1, 0.15) is 5.56 Å². The van der Waals surface area contributed by atoms with E-state index >= 15 is 0 Å². The van der Waals surface area contributed by atoms with Crippen molar-refractivity contribution < 1.29 is 18.1 Å². The molecule has 0 radical (unpaired) electrons. The molecule has 1 amide bonds. The first-order valence-corrected chi connectivity index (χ1v) is 8.21. The number of carbonyl (C=O) groups is 1. The molecular formula is C13H17N3O5S. The van der Waals surface area contributed by atoms with Crippen LogP contribution in [0.15, 0.2) is 29.2 Å². The van der Waals surface area contributed by atoms with Crippen molar-refractivity contribution in [2.75, 3.05) is 32.7 Å². The number of nitro groups is 1. The molecule has 8 nitrogen and oxygen atoms in total. The summed E-state index contributed by atoms with van der Waals surface area (Å²) in [5.41, 5.74) is 0.967. The van der Waals surface area contributed by atoms with Gasteiger partial charge in [0.1, 0.15) is 0 Å². The minimum Gasteiger partial charge on any atom is -0.334 e. The third kappa shape index (κ3) is 3.60. The molecule has 2 rings (SSSR count). The van der Waals surface area contributed by atoms with Crippen LogP contribution in [0.3, 0.4) is 0 Å². The fourth-order valence-electron chi connectivity index (χ4n) is 2.25. The highest BCUT2D eigenvalue weighted by Crippen LogP contribution is 2.18. The van der Waals surface area contributed by atoms with E-state index in [4.69, 9.17) is 0 Å². The summed E-state index contributed by atoms with van der Waals surface area (Å²) in [6.45, 7) is 1.72. The van der Waals surface area contributed by atoms with E-state index in [-0.39, 0.29) is 31.1 Å². The van der Waals surface area contributed by atoms with Gasteiger partial charge in [-0.15, -0.1) is 0 Å². The Morgan fingerprint density at radius 2 is 1.73 bits per heavy atom. The van der Waals surface area contributed by atoms with Crippen molar-refractivity contribution in [2.45, 2.75) is 11.8 Å². The third-order valence-corrected chi connectivity index (χ3v) is 5.43. The summed E-state index contributed by atoms with van der Waals surface area (Å²) >= 11 is 0. The second-order valence-corrected chi connectivity index (χ2v) is 7.03. The molecule has 1 saturated heterocycles. The number of rotatable bonds is 4. The summed E-state index contributed by atoms with van der Waals surface area (Å²) < 4.78 is 26.2. The summed E-state index contributed by atoms with van der Waals surface area (Å²) in [5, 5.41) is 10.3. The van der Waals surface area contributed by atoms with Crippen LogP contribution in [-0.2, 0) is 14.8 Å². The van der Waals surface area contributed by atoms with Gasteiger partial charge in [-0.3, -0.25) is 14.9 Å². The van der Waals surface area contributed by atoms with Crippen LogP contribution in [0.2, 0.25) is 0 Å². The largest absolute Gasteiger partial charge is 0.334 e. The van der Waals surface area contributed by atoms with Gasteiger partial charge in [-0.2, -0.15) is 4.31 Å². The number of sulfonamides is 1. The highest BCUT2D eigenvalue weighted by molar-refractivity contribution is 7.89. The molecule has 0 spiro atoms. The molecule has 120 valence electrons. The van der Waals surface area contributed by atoms with Gasteiger partial charge in [-0.05, 0) is 19.1 Å². The van der Waals surface area contributed by atoms with Gasteiger partial charge < -0.3 is 4.90 Å². The van der Waals surface area contributed by atoms with Crippen molar-refractivity contribution in [1.82, 2.24) is 9.21 Å². The molecule has 0 atom stereocenters. The number of amides is 1. The molecule has 0 N–H and O–H groups in total. The molecule has 22 heavy (non-hydrogen) atoms. The number of aryl methyl sites for hydroxylation is 1. The van der Waals surface area contributed by atoms with E-state index in [1.807, 2.05) is 6.92 Å². The summed E-state index contributed by atoms with van der Waals surface area (Å²) in [4.78, 5) is 22.8. The lowest BCUT2D eigenvalue weighted by molar-refractivity contribution is -0.468. The molecule has 0 aromatic heterocycles. The number of piperazine rings is 1. The molecule has 1 heterocycles. The smallest absolute Gasteiger partial charge is 0.294 e. The van der Waals surface area contributed by atoms with Crippen LogP contribution in [0.4, 0.5) is 0 Å². The second kappa shape index (κ2) is 6.41. The Kier molecular flexibility index (Phi) is 4.77. The average Bonchev–Trinajstić information content (AvgIpc) is 2.47. The van der Waals surface area contributed by atoms with Crippen LogP contribution in [0.5, 0.6) is 0 Å². The number of hydrogen-bond acceptors (Lipinski definition) is 5. The lowest BCUT2D eigenvalue weighted by atomic mass is 10.2. The zero-order chi connectivity index (χ0) is 16.3. The van der Waals surface area contributed by atoms with Gasteiger partial charge in [-0.1, -0.05) is 17.7 Å². The second-order valence-electron chi connectivity index (χ2n) is 5.09. The first-order chi connectivity index (χ1) is 10.3. The van der Waals surface area contributed by atoms with Crippen LogP contribution in [0, 0.1) is 17.0 Å². The van der Waals surface area contributed by atoms with E-state index in [2.05, 4.69) is 0 Å². The number of benzene rings is 1. The number of nitrogens with zero attached hydrogens (tertiary/aromatic N) is 3. The van der Waals surface area contributed by atoms with Crippen molar-refractivity contribution >= 4 is 15.9 Å². The average molecular weight is 327 g/mol. The minimum absolute atomic E-state index is 0.139. The van der Waals surface area contributed by atoms with Gasteiger partial charge in [0.15, 0.2) is 0 Å². The van der Waals surface area contributed by atoms with Gasteiger partial charge in [0, 0.05) is 31.1 Å². The molecular weight excluding hydrogens is 310 g/mol. The molecule has 0 aliphatic carbocycles. The van der Waals surface area contributed by atoms with E-state index in [1.54, 1.807) is 24.3 Å². The van der Waals surface area contributed by atoms with Crippen molar-refractivity contribution in [2.24, 2.45) is 0 Å². The fraction of sp³-hybridized carbons (Fsp3) is 0.462. The van der Waals surface area contributed by atoms with Crippen LogP contribution >= 0.6 is 0 Å². The summed E-state index contributed by atoms with van der Waals surface area (Å²) in [6.07, 6.45) is 0. The van der Waals surface area contributed by atoms with Gasteiger partial charge in [0.25, 0.3) is 12.5 Å². The molecule has 0 bridgehead atoms. The zero-order valence-electron chi connectivity index (χ0n) is 12.1. The van der Waals surface area contributed by atoms with Crippen molar-refractivity contribution in [3.8, 4) is 0 Å². The van der Waals surface area contributed by atoms with Crippen LogP contribution < -0.4 is 0 Å². The maximum atomic E-state index is 12.5. The van der Waals surface area contributed by atoms with Crippen molar-refractivity contribution in [3.63, 3.8) is 0 Å². The highest BCUT2D eigenvalue weighted by Gasteiger charge is 2.31. The first kappa shape index (κ1) is 16.4. The third-order valence-electron chi connectivity index (χ3n) is 3.51. The van der Waals surface area contributed by atoms with Crippen molar-refractivity contribution in [3.05, 3.63) is 39.9 Å². The van der Waals surface area contributed by atoms with E-state index in [0.29, 0.717) is 0 Å². The lowest BCUT2D eigenvalue weighted by Crippen LogP contribution is -2.51. The minimum atomic E-state index is -3.59. The molecule has 1 aromatic rings. The van der Waals surface area contributed by atoms with Gasteiger partial charge >= 0.3 is 0 Å². The predicted octanol–water partition coefficient (Wildman–Crippen LogP) is 0.105. The molecule has 0 saturated carbocycles. The van der Waals surface area contributed by atoms with E-state index in [1.165, 1.54) is 9.21 Å². The van der Waals surface area contributed by atoms with E-state index in [0.717, 1.165) is 5.56 Å². The molecule has 9 heteroatoms. The van der Waals surface area contributed by atoms with Crippen molar-refractivity contribution in [1.29, 1.82) is 0 Å². The molecule has 1 aliphatic rings. The van der Waals surface area contributed by atoms with Gasteiger partial charge in [-0.25, -0.2) is 8.42 Å².